The molecule has 0 unspecified atom stereocenters. The maximum atomic E-state index is 12.1. The van der Waals surface area contributed by atoms with E-state index in [1.165, 1.54) is 22.9 Å². The molecule has 0 radical (unpaired) electrons. The van der Waals surface area contributed by atoms with E-state index in [0.29, 0.717) is 5.56 Å². The van der Waals surface area contributed by atoms with Crippen LogP contribution in [0.2, 0.25) is 0 Å². The Kier molecular flexibility index (Phi) is 4.68. The van der Waals surface area contributed by atoms with Crippen molar-refractivity contribution in [2.45, 2.75) is 45.7 Å². The van der Waals surface area contributed by atoms with E-state index >= 15 is 0 Å². The Morgan fingerprint density at radius 2 is 1.82 bits per heavy atom. The molecule has 0 spiro atoms. The van der Waals surface area contributed by atoms with Gasteiger partial charge in [-0.3, -0.25) is 14.4 Å². The summed E-state index contributed by atoms with van der Waals surface area (Å²) in [7, 11) is 0. The van der Waals surface area contributed by atoms with Crippen LogP contribution < -0.4 is 10.9 Å². The van der Waals surface area contributed by atoms with Crippen molar-refractivity contribution in [2.75, 3.05) is 13.1 Å². The Hall–Kier alpha value is -2.11. The highest BCUT2D eigenvalue weighted by Gasteiger charge is 2.20. The molecule has 2 heterocycles. The van der Waals surface area contributed by atoms with Gasteiger partial charge in [-0.2, -0.15) is 0 Å². The smallest absolute Gasteiger partial charge is 0.253 e. The number of aromatic nitrogens is 1. The van der Waals surface area contributed by atoms with Gasteiger partial charge in [0.25, 0.3) is 11.5 Å². The molecular weight excluding hydrogens is 282 g/mol. The lowest BCUT2D eigenvalue weighted by Gasteiger charge is -2.21. The van der Waals surface area contributed by atoms with Crippen molar-refractivity contribution in [3.05, 3.63) is 34.2 Å². The summed E-state index contributed by atoms with van der Waals surface area (Å²) < 4.78 is 1.30. The average molecular weight is 305 g/mol. The minimum absolute atomic E-state index is 0.0184. The SMILES string of the molecule is CC(C)(C)NC(=O)c1ccc(=O)n(CC(=O)N2CCCC2)c1. The van der Waals surface area contributed by atoms with Gasteiger partial charge in [0.05, 0.1) is 5.56 Å². The third-order valence-corrected chi connectivity index (χ3v) is 3.50. The van der Waals surface area contributed by atoms with Crippen LogP contribution in [0.5, 0.6) is 0 Å². The molecule has 1 N–H and O–H groups in total. The predicted molar refractivity (Wildman–Crippen MR) is 83.7 cm³/mol. The summed E-state index contributed by atoms with van der Waals surface area (Å²) in [6.45, 7) is 7.14. The van der Waals surface area contributed by atoms with Gasteiger partial charge in [0.2, 0.25) is 5.91 Å². The van der Waals surface area contributed by atoms with Gasteiger partial charge in [0.1, 0.15) is 6.54 Å². The van der Waals surface area contributed by atoms with E-state index in [9.17, 15) is 14.4 Å². The lowest BCUT2D eigenvalue weighted by atomic mass is 10.1. The number of pyridine rings is 1. The summed E-state index contributed by atoms with van der Waals surface area (Å²) in [6, 6.07) is 2.81. The summed E-state index contributed by atoms with van der Waals surface area (Å²) in [6.07, 6.45) is 3.47. The monoisotopic (exact) mass is 305 g/mol. The van der Waals surface area contributed by atoms with Gasteiger partial charge in [-0.05, 0) is 39.7 Å². The number of nitrogens with zero attached hydrogens (tertiary/aromatic N) is 2. The van der Waals surface area contributed by atoms with Crippen molar-refractivity contribution in [2.24, 2.45) is 0 Å². The molecule has 1 aromatic rings. The minimum Gasteiger partial charge on any atom is -0.347 e. The van der Waals surface area contributed by atoms with Crippen LogP contribution in [0.4, 0.5) is 0 Å². The molecule has 1 aromatic heterocycles. The van der Waals surface area contributed by atoms with Crippen LogP contribution in [0, 0.1) is 0 Å². The van der Waals surface area contributed by atoms with Crippen LogP contribution in [0.1, 0.15) is 44.0 Å². The summed E-state index contributed by atoms with van der Waals surface area (Å²) >= 11 is 0. The van der Waals surface area contributed by atoms with Crippen molar-refractivity contribution in [1.82, 2.24) is 14.8 Å². The maximum absolute atomic E-state index is 12.1. The number of carbonyl (C=O) groups is 2. The van der Waals surface area contributed by atoms with E-state index < -0.39 is 0 Å². The Bertz CT molecular complexity index is 622. The summed E-state index contributed by atoms with van der Waals surface area (Å²) in [5, 5.41) is 2.84. The molecule has 1 aliphatic rings. The maximum Gasteiger partial charge on any atom is 0.253 e. The van der Waals surface area contributed by atoms with Crippen molar-refractivity contribution in [3.63, 3.8) is 0 Å². The molecule has 6 heteroatoms. The van der Waals surface area contributed by atoms with Gasteiger partial charge < -0.3 is 14.8 Å². The molecule has 0 bridgehead atoms. The number of amides is 2. The third-order valence-electron chi connectivity index (χ3n) is 3.50. The first kappa shape index (κ1) is 16.3. The van der Waals surface area contributed by atoms with Crippen LogP contribution >= 0.6 is 0 Å². The Labute approximate surface area is 130 Å². The molecule has 0 atom stereocenters. The number of hydrogen-bond donors (Lipinski definition) is 1. The fourth-order valence-electron chi connectivity index (χ4n) is 2.41. The van der Waals surface area contributed by atoms with Crippen molar-refractivity contribution in [3.8, 4) is 0 Å². The van der Waals surface area contributed by atoms with E-state index in [1.54, 1.807) is 4.90 Å². The standard InChI is InChI=1S/C16H23N3O3/c1-16(2,3)17-15(22)12-6-7-13(20)19(10-12)11-14(21)18-8-4-5-9-18/h6-7,10H,4-5,8-9,11H2,1-3H3,(H,17,22). The zero-order valence-electron chi connectivity index (χ0n) is 13.4. The second-order valence-corrected chi connectivity index (χ2v) is 6.68. The van der Waals surface area contributed by atoms with Gasteiger partial charge in [-0.15, -0.1) is 0 Å². The largest absolute Gasteiger partial charge is 0.347 e. The van der Waals surface area contributed by atoms with Crippen molar-refractivity contribution >= 4 is 11.8 Å². The van der Waals surface area contributed by atoms with E-state index in [4.69, 9.17) is 0 Å². The fourth-order valence-corrected chi connectivity index (χ4v) is 2.41. The van der Waals surface area contributed by atoms with Gasteiger partial charge in [0, 0.05) is 30.9 Å². The summed E-state index contributed by atoms with van der Waals surface area (Å²) in [5.74, 6) is -0.331. The molecule has 1 aliphatic heterocycles. The lowest BCUT2D eigenvalue weighted by Crippen LogP contribution is -2.41. The molecule has 2 amide bonds. The molecule has 0 aliphatic carbocycles. The van der Waals surface area contributed by atoms with Gasteiger partial charge in [-0.25, -0.2) is 0 Å². The zero-order valence-corrected chi connectivity index (χ0v) is 13.4. The van der Waals surface area contributed by atoms with Gasteiger partial charge in [-0.1, -0.05) is 0 Å². The fraction of sp³-hybridized carbons (Fsp3) is 0.562. The van der Waals surface area contributed by atoms with E-state index in [2.05, 4.69) is 5.32 Å². The second kappa shape index (κ2) is 6.34. The summed E-state index contributed by atoms with van der Waals surface area (Å²) in [5.41, 5.74) is -0.257. The van der Waals surface area contributed by atoms with Gasteiger partial charge in [0.15, 0.2) is 0 Å². The number of rotatable bonds is 3. The summed E-state index contributed by atoms with van der Waals surface area (Å²) in [4.78, 5) is 37.9. The highest BCUT2D eigenvalue weighted by molar-refractivity contribution is 5.94. The number of carbonyl (C=O) groups excluding carboxylic acids is 2. The van der Waals surface area contributed by atoms with Crippen LogP contribution in [0.3, 0.4) is 0 Å². The molecule has 0 aromatic carbocycles. The second-order valence-electron chi connectivity index (χ2n) is 6.68. The number of likely N-dealkylation sites (tertiary alicyclic amines) is 1. The highest BCUT2D eigenvalue weighted by Crippen LogP contribution is 2.08. The highest BCUT2D eigenvalue weighted by atomic mass is 16.2. The normalized spacial score (nSPS) is 15.0. The van der Waals surface area contributed by atoms with E-state index in [-0.39, 0.29) is 29.5 Å². The molecule has 22 heavy (non-hydrogen) atoms. The topological polar surface area (TPSA) is 71.4 Å². The lowest BCUT2D eigenvalue weighted by molar-refractivity contribution is -0.130. The van der Waals surface area contributed by atoms with Crippen molar-refractivity contribution < 1.29 is 9.59 Å². The minimum atomic E-state index is -0.358. The quantitative estimate of drug-likeness (QED) is 0.905. The van der Waals surface area contributed by atoms with Crippen LogP contribution in [-0.2, 0) is 11.3 Å². The molecule has 6 nitrogen and oxygen atoms in total. The Morgan fingerprint density at radius 3 is 2.41 bits per heavy atom. The molecule has 0 saturated carbocycles. The first-order chi connectivity index (χ1) is 10.3. The van der Waals surface area contributed by atoms with E-state index in [1.807, 2.05) is 20.8 Å². The first-order valence-electron chi connectivity index (χ1n) is 7.57. The third kappa shape index (κ3) is 4.19. The van der Waals surface area contributed by atoms with Crippen LogP contribution in [0.25, 0.3) is 0 Å². The predicted octanol–water partition coefficient (Wildman–Crippen LogP) is 0.999. The number of hydrogen-bond acceptors (Lipinski definition) is 3. The van der Waals surface area contributed by atoms with E-state index in [0.717, 1.165) is 25.9 Å². The molecule has 1 saturated heterocycles. The van der Waals surface area contributed by atoms with Crippen LogP contribution in [0.15, 0.2) is 23.1 Å². The van der Waals surface area contributed by atoms with Crippen molar-refractivity contribution in [1.29, 1.82) is 0 Å². The first-order valence-corrected chi connectivity index (χ1v) is 7.57. The molecule has 120 valence electrons. The van der Waals surface area contributed by atoms with Gasteiger partial charge >= 0.3 is 0 Å². The molecule has 1 fully saturated rings. The molecular formula is C16H23N3O3. The average Bonchev–Trinajstić information content (AvgIpc) is 2.93. The number of nitrogens with one attached hydrogen (secondary N) is 1. The Morgan fingerprint density at radius 1 is 1.18 bits per heavy atom. The molecule has 2 rings (SSSR count). The van der Waals surface area contributed by atoms with Crippen LogP contribution in [-0.4, -0.2) is 39.9 Å². The Balaban J connectivity index is 2.14. The zero-order chi connectivity index (χ0) is 16.3.